The van der Waals surface area contributed by atoms with Gasteiger partial charge in [-0.15, -0.1) is 4.99 Å². The van der Waals surface area contributed by atoms with E-state index in [-0.39, 0.29) is 22.3 Å². The molecule has 39 heavy (non-hydrogen) atoms. The second kappa shape index (κ2) is 12.6. The van der Waals surface area contributed by atoms with Crippen molar-refractivity contribution in [3.05, 3.63) is 58.6 Å². The molecule has 0 saturated carbocycles. The number of halogens is 1. The summed E-state index contributed by atoms with van der Waals surface area (Å²) in [5, 5.41) is 14.5. The smallest absolute Gasteiger partial charge is 0.437 e. The molecule has 210 valence electrons. The number of hydrogen-bond acceptors (Lipinski definition) is 7. The normalized spacial score (nSPS) is 12.7. The van der Waals surface area contributed by atoms with Crippen LogP contribution in [0.25, 0.3) is 0 Å². The molecule has 2 amide bonds. The van der Waals surface area contributed by atoms with Crippen LogP contribution in [0.2, 0.25) is 5.02 Å². The molecule has 0 fully saturated rings. The molecule has 0 aliphatic heterocycles. The standard InChI is InChI=1S/C27H32ClN3O8/c1-15(21(32)33)19-13-12-18(14-20(19)28)37-22(34)16-8-10-17(11-9-16)29-23(30-24(35)38-26(2,3)4)31-25(36)39-27(5,6)7/h8-15H,1-7H3,(H,32,33)(H2,29,30,31,35,36). The Morgan fingerprint density at radius 2 is 1.51 bits per heavy atom. The predicted octanol–water partition coefficient (Wildman–Crippen LogP) is 5.98. The van der Waals surface area contributed by atoms with Crippen LogP contribution in [-0.2, 0) is 14.3 Å². The second-order valence-electron chi connectivity index (χ2n) is 10.4. The van der Waals surface area contributed by atoms with Crippen LogP contribution in [0.4, 0.5) is 15.3 Å². The number of guanidine groups is 1. The highest BCUT2D eigenvalue weighted by atomic mass is 35.5. The van der Waals surface area contributed by atoms with Gasteiger partial charge in [0.25, 0.3) is 0 Å². The summed E-state index contributed by atoms with van der Waals surface area (Å²) in [5.41, 5.74) is -0.644. The lowest BCUT2D eigenvalue weighted by molar-refractivity contribution is -0.138. The molecule has 11 nitrogen and oxygen atoms in total. The molecule has 1 unspecified atom stereocenters. The molecule has 0 bridgehead atoms. The summed E-state index contributed by atoms with van der Waals surface area (Å²) in [4.78, 5) is 52.0. The van der Waals surface area contributed by atoms with E-state index >= 15 is 0 Å². The van der Waals surface area contributed by atoms with E-state index in [0.717, 1.165) is 0 Å². The van der Waals surface area contributed by atoms with Gasteiger partial charge >= 0.3 is 24.1 Å². The number of anilines is 1. The van der Waals surface area contributed by atoms with E-state index in [1.54, 1.807) is 41.5 Å². The first kappa shape index (κ1) is 31.1. The monoisotopic (exact) mass is 561 g/mol. The van der Waals surface area contributed by atoms with Crippen LogP contribution >= 0.6 is 11.6 Å². The number of aliphatic carboxylic acids is 1. The molecule has 3 N–H and O–H groups in total. The Kier molecular flexibility index (Phi) is 10.1. The number of alkyl carbamates (subject to hydrolysis) is 1. The van der Waals surface area contributed by atoms with Crippen molar-refractivity contribution < 1.29 is 38.5 Å². The van der Waals surface area contributed by atoms with Crippen molar-refractivity contribution in [1.82, 2.24) is 5.32 Å². The molecule has 0 radical (unpaired) electrons. The summed E-state index contributed by atoms with van der Waals surface area (Å²) in [7, 11) is 0. The average molecular weight is 562 g/mol. The number of nitrogens with one attached hydrogen (secondary N) is 2. The van der Waals surface area contributed by atoms with Crippen molar-refractivity contribution in [3.8, 4) is 5.75 Å². The quantitative estimate of drug-likeness (QED) is 0.173. The third-order valence-electron chi connectivity index (χ3n) is 4.62. The van der Waals surface area contributed by atoms with Crippen molar-refractivity contribution in [2.75, 3.05) is 5.32 Å². The zero-order chi connectivity index (χ0) is 29.5. The Morgan fingerprint density at radius 3 is 2.03 bits per heavy atom. The zero-order valence-corrected chi connectivity index (χ0v) is 23.5. The number of amides is 2. The number of carbonyl (C=O) groups is 4. The van der Waals surface area contributed by atoms with Crippen molar-refractivity contribution >= 4 is 47.4 Å². The summed E-state index contributed by atoms with van der Waals surface area (Å²) in [6.45, 7) is 11.6. The molecule has 2 aromatic carbocycles. The second-order valence-corrected chi connectivity index (χ2v) is 10.8. The van der Waals surface area contributed by atoms with Gasteiger partial charge in [0.15, 0.2) is 0 Å². The van der Waals surface area contributed by atoms with Crippen molar-refractivity contribution in [3.63, 3.8) is 0 Å². The topological polar surface area (TPSA) is 153 Å². The first-order chi connectivity index (χ1) is 17.9. The van der Waals surface area contributed by atoms with Crippen molar-refractivity contribution in [2.45, 2.75) is 65.6 Å². The Morgan fingerprint density at radius 1 is 0.923 bits per heavy atom. The molecule has 1 atom stereocenters. The lowest BCUT2D eigenvalue weighted by Gasteiger charge is -2.21. The Bertz CT molecular complexity index is 1260. The van der Waals surface area contributed by atoms with Crippen LogP contribution in [-0.4, -0.2) is 46.4 Å². The van der Waals surface area contributed by atoms with E-state index in [2.05, 4.69) is 15.6 Å². The third kappa shape index (κ3) is 10.6. The van der Waals surface area contributed by atoms with Crippen LogP contribution in [0.3, 0.4) is 0 Å². The summed E-state index contributed by atoms with van der Waals surface area (Å²) in [6, 6.07) is 10.2. The molecule has 2 rings (SSSR count). The molecule has 0 aliphatic rings. The van der Waals surface area contributed by atoms with E-state index in [1.807, 2.05) is 0 Å². The number of aliphatic imine (C=N–C) groups is 1. The fraction of sp³-hybridized carbons (Fsp3) is 0.370. The number of hydrogen-bond donors (Lipinski definition) is 3. The average Bonchev–Trinajstić information content (AvgIpc) is 2.76. The molecule has 12 heteroatoms. The molecule has 0 aromatic heterocycles. The lowest BCUT2D eigenvalue weighted by atomic mass is 10.0. The van der Waals surface area contributed by atoms with Gasteiger partial charge in [0.1, 0.15) is 17.0 Å². The number of ether oxygens (including phenoxy) is 3. The van der Waals surface area contributed by atoms with E-state index < -0.39 is 41.2 Å². The number of rotatable bonds is 5. The maximum absolute atomic E-state index is 12.6. The summed E-state index contributed by atoms with van der Waals surface area (Å²) >= 11 is 6.16. The Labute approximate surface area is 231 Å². The van der Waals surface area contributed by atoms with E-state index in [0.29, 0.717) is 11.3 Å². The Hall–Kier alpha value is -4.12. The molecule has 0 spiro atoms. The number of esters is 1. The first-order valence-corrected chi connectivity index (χ1v) is 12.2. The fourth-order valence-electron chi connectivity index (χ4n) is 2.91. The van der Waals surface area contributed by atoms with Crippen LogP contribution in [0, 0.1) is 0 Å². The van der Waals surface area contributed by atoms with Crippen LogP contribution in [0.15, 0.2) is 47.5 Å². The highest BCUT2D eigenvalue weighted by Crippen LogP contribution is 2.29. The van der Waals surface area contributed by atoms with Gasteiger partial charge in [-0.05, 0) is 90.4 Å². The molecular formula is C27H32ClN3O8. The number of carbonyl (C=O) groups excluding carboxylic acids is 3. The van der Waals surface area contributed by atoms with Gasteiger partial charge in [0.05, 0.1) is 11.5 Å². The SMILES string of the molecule is CC(C(=O)O)c1ccc(OC(=O)c2ccc(N/C(=N/C(=O)OC(C)(C)C)NC(=O)OC(C)(C)C)cc2)cc1Cl. The predicted molar refractivity (Wildman–Crippen MR) is 146 cm³/mol. The van der Waals surface area contributed by atoms with E-state index in [9.17, 15) is 19.2 Å². The molecule has 2 aromatic rings. The minimum atomic E-state index is -1.03. The summed E-state index contributed by atoms with van der Waals surface area (Å²) < 4.78 is 15.7. The minimum absolute atomic E-state index is 0.141. The largest absolute Gasteiger partial charge is 0.481 e. The van der Waals surface area contributed by atoms with Crippen LogP contribution < -0.4 is 15.4 Å². The van der Waals surface area contributed by atoms with Gasteiger partial charge in [0.2, 0.25) is 5.96 Å². The van der Waals surface area contributed by atoms with Gasteiger partial charge in [-0.3, -0.25) is 10.1 Å². The van der Waals surface area contributed by atoms with Crippen LogP contribution in [0.5, 0.6) is 5.75 Å². The highest BCUT2D eigenvalue weighted by Gasteiger charge is 2.21. The molecule has 0 aliphatic carbocycles. The summed E-state index contributed by atoms with van der Waals surface area (Å²) in [5.74, 6) is -2.65. The molecular weight excluding hydrogens is 530 g/mol. The molecule has 0 heterocycles. The number of carboxylic acid groups (broad SMARTS) is 1. The third-order valence-corrected chi connectivity index (χ3v) is 4.95. The zero-order valence-electron chi connectivity index (χ0n) is 22.7. The van der Waals surface area contributed by atoms with E-state index in [1.165, 1.54) is 49.4 Å². The maximum Gasteiger partial charge on any atom is 0.437 e. The van der Waals surface area contributed by atoms with Crippen molar-refractivity contribution in [1.29, 1.82) is 0 Å². The highest BCUT2D eigenvalue weighted by molar-refractivity contribution is 6.31. The first-order valence-electron chi connectivity index (χ1n) is 11.9. The van der Waals surface area contributed by atoms with Gasteiger partial charge in [-0.25, -0.2) is 14.4 Å². The number of benzene rings is 2. The lowest BCUT2D eigenvalue weighted by Crippen LogP contribution is -2.40. The van der Waals surface area contributed by atoms with Gasteiger partial charge in [-0.1, -0.05) is 17.7 Å². The number of carboxylic acids is 1. The number of nitrogens with zero attached hydrogens (tertiary/aromatic N) is 1. The van der Waals surface area contributed by atoms with Gasteiger partial charge in [-0.2, -0.15) is 0 Å². The van der Waals surface area contributed by atoms with Gasteiger partial charge in [0, 0.05) is 10.7 Å². The van der Waals surface area contributed by atoms with Gasteiger partial charge < -0.3 is 24.6 Å². The maximum atomic E-state index is 12.6. The minimum Gasteiger partial charge on any atom is -0.481 e. The fourth-order valence-corrected chi connectivity index (χ4v) is 3.25. The van der Waals surface area contributed by atoms with Crippen LogP contribution in [0.1, 0.15) is 70.3 Å². The van der Waals surface area contributed by atoms with E-state index in [4.69, 9.17) is 30.9 Å². The Balaban J connectivity index is 2.16. The van der Waals surface area contributed by atoms with Crippen molar-refractivity contribution in [2.24, 2.45) is 4.99 Å². The summed E-state index contributed by atoms with van der Waals surface area (Å²) in [6.07, 6.45) is -1.79. The molecule has 0 saturated heterocycles.